The maximum absolute atomic E-state index is 13.9. The van der Waals surface area contributed by atoms with Crippen molar-refractivity contribution in [2.75, 3.05) is 0 Å². The van der Waals surface area contributed by atoms with Crippen molar-refractivity contribution in [2.24, 2.45) is 17.8 Å². The zero-order valence-corrected chi connectivity index (χ0v) is 8.93. The predicted octanol–water partition coefficient (Wildman–Crippen LogP) is 2.00. The fourth-order valence-corrected chi connectivity index (χ4v) is 3.74. The van der Waals surface area contributed by atoms with Crippen LogP contribution in [0.15, 0.2) is 0 Å². The molecule has 2 aliphatic rings. The summed E-state index contributed by atoms with van der Waals surface area (Å²) in [5, 5.41) is -2.45. The van der Waals surface area contributed by atoms with Gasteiger partial charge < -0.3 is 0 Å². The third kappa shape index (κ3) is 1.37. The first-order valence-corrected chi connectivity index (χ1v) is 6.42. The Morgan fingerprint density at radius 1 is 1.36 bits per heavy atom. The second-order valence-corrected chi connectivity index (χ2v) is 6.49. The fraction of sp³-hybridized carbons (Fsp3) is 1.00. The summed E-state index contributed by atoms with van der Waals surface area (Å²) in [4.78, 5) is 0. The van der Waals surface area contributed by atoms with Gasteiger partial charge in [-0.3, -0.25) is 4.55 Å². The first-order chi connectivity index (χ1) is 6.32. The molecule has 2 bridgehead atoms. The highest BCUT2D eigenvalue weighted by Crippen LogP contribution is 2.54. The van der Waals surface area contributed by atoms with Crippen molar-refractivity contribution in [3.05, 3.63) is 0 Å². The second-order valence-electron chi connectivity index (χ2n) is 4.74. The van der Waals surface area contributed by atoms with Crippen molar-refractivity contribution in [1.82, 2.24) is 0 Å². The molecule has 2 saturated carbocycles. The molecule has 5 heteroatoms. The Labute approximate surface area is 83.4 Å². The number of hydrogen-bond donors (Lipinski definition) is 1. The maximum Gasteiger partial charge on any atom is 0.300 e. The van der Waals surface area contributed by atoms with Crippen LogP contribution in [0.4, 0.5) is 4.39 Å². The van der Waals surface area contributed by atoms with Gasteiger partial charge in [0.2, 0.25) is 5.00 Å². The van der Waals surface area contributed by atoms with Crippen molar-refractivity contribution >= 4 is 10.1 Å². The summed E-state index contributed by atoms with van der Waals surface area (Å²) in [7, 11) is -4.57. The van der Waals surface area contributed by atoms with Crippen molar-refractivity contribution < 1.29 is 17.4 Å². The number of alkyl halides is 1. The van der Waals surface area contributed by atoms with Crippen molar-refractivity contribution in [1.29, 1.82) is 0 Å². The molecule has 4 atom stereocenters. The molecule has 82 valence electrons. The first-order valence-electron chi connectivity index (χ1n) is 4.98. The van der Waals surface area contributed by atoms with E-state index in [1.165, 1.54) is 0 Å². The van der Waals surface area contributed by atoms with E-state index in [1.807, 2.05) is 0 Å². The topological polar surface area (TPSA) is 54.4 Å². The third-order valence-corrected chi connectivity index (χ3v) is 5.22. The number of fused-ring (bicyclic) bond motifs is 2. The van der Waals surface area contributed by atoms with Gasteiger partial charge in [0.1, 0.15) is 0 Å². The molecule has 0 aromatic rings. The van der Waals surface area contributed by atoms with Crippen LogP contribution in [0.5, 0.6) is 0 Å². The average molecular weight is 222 g/mol. The molecule has 14 heavy (non-hydrogen) atoms. The molecular formula is C9H15FO3S. The van der Waals surface area contributed by atoms with Gasteiger partial charge in [-0.1, -0.05) is 6.42 Å². The van der Waals surface area contributed by atoms with Gasteiger partial charge in [0.25, 0.3) is 10.1 Å². The van der Waals surface area contributed by atoms with E-state index < -0.39 is 21.0 Å². The van der Waals surface area contributed by atoms with Crippen LogP contribution >= 0.6 is 0 Å². The minimum absolute atomic E-state index is 0.150. The van der Waals surface area contributed by atoms with Gasteiger partial charge in [-0.15, -0.1) is 0 Å². The SMILES string of the molecule is CC(F)(C1CC2CCC1C2)S(=O)(=O)O. The normalized spacial score (nSPS) is 41.2. The summed E-state index contributed by atoms with van der Waals surface area (Å²) in [6.07, 6.45) is 3.53. The highest BCUT2D eigenvalue weighted by molar-refractivity contribution is 7.87. The largest absolute Gasteiger partial charge is 0.300 e. The van der Waals surface area contributed by atoms with Crippen LogP contribution in [0.2, 0.25) is 0 Å². The summed E-state index contributed by atoms with van der Waals surface area (Å²) in [6.45, 7) is 0.994. The molecule has 0 radical (unpaired) electrons. The molecule has 0 amide bonds. The van der Waals surface area contributed by atoms with Gasteiger partial charge in [0.15, 0.2) is 0 Å². The first kappa shape index (κ1) is 10.4. The Morgan fingerprint density at radius 3 is 2.36 bits per heavy atom. The van der Waals surface area contributed by atoms with Gasteiger partial charge in [0, 0.05) is 5.92 Å². The minimum atomic E-state index is -4.57. The van der Waals surface area contributed by atoms with E-state index in [-0.39, 0.29) is 5.92 Å². The lowest BCUT2D eigenvalue weighted by Crippen LogP contribution is -2.40. The van der Waals surface area contributed by atoms with Crippen LogP contribution in [-0.2, 0) is 10.1 Å². The van der Waals surface area contributed by atoms with E-state index in [1.54, 1.807) is 0 Å². The summed E-state index contributed by atoms with van der Waals surface area (Å²) in [5.74, 6) is 0.120. The van der Waals surface area contributed by atoms with E-state index >= 15 is 0 Å². The third-order valence-electron chi connectivity index (χ3n) is 3.90. The molecule has 3 nitrogen and oxygen atoms in total. The monoisotopic (exact) mass is 222 g/mol. The van der Waals surface area contributed by atoms with Crippen molar-refractivity contribution in [3.63, 3.8) is 0 Å². The van der Waals surface area contributed by atoms with Gasteiger partial charge in [-0.25, -0.2) is 4.39 Å². The molecule has 4 unspecified atom stereocenters. The molecule has 2 fully saturated rings. The van der Waals surface area contributed by atoms with E-state index in [0.717, 1.165) is 26.2 Å². The lowest BCUT2D eigenvalue weighted by atomic mass is 9.85. The summed E-state index contributed by atoms with van der Waals surface area (Å²) >= 11 is 0. The number of halogens is 1. The van der Waals surface area contributed by atoms with Crippen LogP contribution in [0, 0.1) is 17.8 Å². The van der Waals surface area contributed by atoms with Gasteiger partial charge in [-0.2, -0.15) is 8.42 Å². The molecule has 0 spiro atoms. The summed E-state index contributed by atoms with van der Waals surface area (Å²) in [5.41, 5.74) is 0. The van der Waals surface area contributed by atoms with Crippen LogP contribution in [-0.4, -0.2) is 18.0 Å². The highest BCUT2D eigenvalue weighted by Gasteiger charge is 2.55. The minimum Gasteiger partial charge on any atom is -0.283 e. The summed E-state index contributed by atoms with van der Waals surface area (Å²) < 4.78 is 44.5. The van der Waals surface area contributed by atoms with Crippen LogP contribution in [0.25, 0.3) is 0 Å². The lowest BCUT2D eigenvalue weighted by molar-refractivity contribution is 0.128. The zero-order valence-electron chi connectivity index (χ0n) is 8.11. The molecule has 2 aliphatic carbocycles. The Bertz CT molecular complexity index is 336. The quantitative estimate of drug-likeness (QED) is 0.727. The van der Waals surface area contributed by atoms with Crippen molar-refractivity contribution in [2.45, 2.75) is 37.6 Å². The Kier molecular flexibility index (Phi) is 2.16. The summed E-state index contributed by atoms with van der Waals surface area (Å²) in [6, 6.07) is 0. The highest BCUT2D eigenvalue weighted by atomic mass is 32.2. The standard InChI is InChI=1S/C9H15FO3S/c1-9(10,14(11,12)13)8-5-6-2-3-7(8)4-6/h6-8H,2-5H2,1H3,(H,11,12,13). The molecule has 0 aliphatic heterocycles. The lowest BCUT2D eigenvalue weighted by Gasteiger charge is -2.30. The van der Waals surface area contributed by atoms with E-state index in [2.05, 4.69) is 0 Å². The molecule has 0 aromatic carbocycles. The van der Waals surface area contributed by atoms with Crippen LogP contribution < -0.4 is 0 Å². The van der Waals surface area contributed by atoms with E-state index in [4.69, 9.17) is 4.55 Å². The van der Waals surface area contributed by atoms with Crippen LogP contribution in [0.1, 0.15) is 32.6 Å². The molecule has 0 heterocycles. The zero-order chi connectivity index (χ0) is 10.6. The number of hydrogen-bond acceptors (Lipinski definition) is 2. The Balaban J connectivity index is 2.24. The molecule has 1 N–H and O–H groups in total. The van der Waals surface area contributed by atoms with Crippen molar-refractivity contribution in [3.8, 4) is 0 Å². The van der Waals surface area contributed by atoms with E-state index in [9.17, 15) is 12.8 Å². The Morgan fingerprint density at radius 2 is 2.00 bits per heavy atom. The number of rotatable bonds is 2. The Hall–Kier alpha value is -0.160. The van der Waals surface area contributed by atoms with Gasteiger partial charge in [0.05, 0.1) is 0 Å². The van der Waals surface area contributed by atoms with Gasteiger partial charge in [-0.05, 0) is 38.0 Å². The average Bonchev–Trinajstić information content (AvgIpc) is 2.61. The fourth-order valence-electron chi connectivity index (χ4n) is 3.07. The van der Waals surface area contributed by atoms with Crippen LogP contribution in [0.3, 0.4) is 0 Å². The molecule has 2 rings (SSSR count). The predicted molar refractivity (Wildman–Crippen MR) is 50.0 cm³/mol. The second kappa shape index (κ2) is 2.92. The maximum atomic E-state index is 13.9. The van der Waals surface area contributed by atoms with E-state index in [0.29, 0.717) is 12.3 Å². The molecule has 0 saturated heterocycles. The molecule has 0 aromatic heterocycles. The smallest absolute Gasteiger partial charge is 0.283 e. The molecular weight excluding hydrogens is 207 g/mol. The van der Waals surface area contributed by atoms with Gasteiger partial charge >= 0.3 is 0 Å².